The molecule has 11 heteroatoms. The molecule has 0 bridgehead atoms. The molecular formula is C29H28FN5O4S. The Kier molecular flexibility index (Phi) is 8.75. The van der Waals surface area contributed by atoms with Crippen LogP contribution in [0.2, 0.25) is 0 Å². The normalized spacial score (nSPS) is 11.5. The van der Waals surface area contributed by atoms with E-state index in [-0.39, 0.29) is 34.1 Å². The Hall–Kier alpha value is -4.77. The molecule has 1 atom stereocenters. The molecule has 0 unspecified atom stereocenters. The van der Waals surface area contributed by atoms with Crippen LogP contribution in [-0.2, 0) is 16.1 Å². The fourth-order valence-electron chi connectivity index (χ4n) is 3.85. The Morgan fingerprint density at radius 1 is 1.00 bits per heavy atom. The fourth-order valence-corrected chi connectivity index (χ4v) is 4.90. The fraction of sp³-hybridized carbons (Fsp3) is 0.172. The molecule has 0 saturated carbocycles. The Balaban J connectivity index is 1.45. The molecule has 4 aromatic rings. The number of carbonyl (C=O) groups is 3. The van der Waals surface area contributed by atoms with Crippen LogP contribution >= 0.6 is 11.3 Å². The molecule has 4 rings (SSSR count). The van der Waals surface area contributed by atoms with Crippen LogP contribution in [0.3, 0.4) is 0 Å². The van der Waals surface area contributed by atoms with Gasteiger partial charge >= 0.3 is 0 Å². The van der Waals surface area contributed by atoms with E-state index in [1.807, 2.05) is 30.3 Å². The lowest BCUT2D eigenvalue weighted by molar-refractivity contribution is -0.132. The van der Waals surface area contributed by atoms with Gasteiger partial charge in [0.25, 0.3) is 5.91 Å². The second kappa shape index (κ2) is 12.4. The molecule has 0 aliphatic heterocycles. The zero-order valence-electron chi connectivity index (χ0n) is 21.9. The van der Waals surface area contributed by atoms with Gasteiger partial charge in [0, 0.05) is 24.8 Å². The van der Waals surface area contributed by atoms with Gasteiger partial charge in [-0.25, -0.2) is 9.37 Å². The molecule has 0 radical (unpaired) electrons. The number of rotatable bonds is 11. The van der Waals surface area contributed by atoms with Crippen molar-refractivity contribution in [1.82, 2.24) is 9.88 Å². The monoisotopic (exact) mass is 561 g/mol. The van der Waals surface area contributed by atoms with Crippen LogP contribution in [-0.4, -0.2) is 47.2 Å². The van der Waals surface area contributed by atoms with Crippen molar-refractivity contribution < 1.29 is 23.5 Å². The van der Waals surface area contributed by atoms with E-state index >= 15 is 0 Å². The molecule has 0 aliphatic carbocycles. The van der Waals surface area contributed by atoms with E-state index in [2.05, 4.69) is 4.98 Å². The molecule has 206 valence electrons. The van der Waals surface area contributed by atoms with Crippen molar-refractivity contribution in [1.29, 1.82) is 0 Å². The summed E-state index contributed by atoms with van der Waals surface area (Å²) in [6, 6.07) is 20.6. The zero-order chi connectivity index (χ0) is 28.8. The summed E-state index contributed by atoms with van der Waals surface area (Å²) in [5.74, 6) is -1.23. The van der Waals surface area contributed by atoms with E-state index in [0.717, 1.165) is 16.9 Å². The van der Waals surface area contributed by atoms with Crippen LogP contribution in [0.5, 0.6) is 5.75 Å². The minimum Gasteiger partial charge on any atom is -0.484 e. The first-order valence-corrected chi connectivity index (χ1v) is 13.1. The molecule has 2 amide bonds. The minimum absolute atomic E-state index is 0.0128. The van der Waals surface area contributed by atoms with Gasteiger partial charge in [-0.2, -0.15) is 0 Å². The third-order valence-corrected chi connectivity index (χ3v) is 7.19. The molecule has 1 aromatic heterocycles. The van der Waals surface area contributed by atoms with Gasteiger partial charge in [-0.1, -0.05) is 41.7 Å². The number of likely N-dealkylation sites (N-methyl/N-ethyl adjacent to an activating group) is 1. The van der Waals surface area contributed by atoms with Gasteiger partial charge < -0.3 is 26.0 Å². The van der Waals surface area contributed by atoms with Crippen molar-refractivity contribution in [2.75, 3.05) is 24.3 Å². The number of anilines is 3. The number of nitrogens with zero attached hydrogens (tertiary/aromatic N) is 3. The lowest BCUT2D eigenvalue weighted by Crippen LogP contribution is -2.39. The maximum Gasteiger partial charge on any atom is 0.260 e. The van der Waals surface area contributed by atoms with Crippen LogP contribution in [0, 0.1) is 5.82 Å². The van der Waals surface area contributed by atoms with Crippen LogP contribution in [0.25, 0.3) is 0 Å². The predicted molar refractivity (Wildman–Crippen MR) is 152 cm³/mol. The smallest absolute Gasteiger partial charge is 0.260 e. The van der Waals surface area contributed by atoms with E-state index in [1.54, 1.807) is 43.1 Å². The number of ether oxygens (including phenoxy) is 1. The van der Waals surface area contributed by atoms with Gasteiger partial charge in [-0.05, 0) is 61.0 Å². The van der Waals surface area contributed by atoms with Crippen LogP contribution in [0.4, 0.5) is 21.0 Å². The number of hydrogen-bond acceptors (Lipinski definition) is 8. The third kappa shape index (κ3) is 6.62. The number of amides is 2. The summed E-state index contributed by atoms with van der Waals surface area (Å²) in [4.78, 5) is 45.3. The standard InChI is InChI=1S/C29H28FN5O4S/c1-18(28(32)38)35(22-12-10-21(30)11-13-22)29-33-27(31)26(40-29)25(37)20-8-14-23(15-9-20)39-17-24(36)34(2)16-19-6-4-3-5-7-19/h3-15,18H,16-17,31H2,1-2H3,(H2,32,38)/t18-/m1/s1. The number of benzene rings is 3. The van der Waals surface area contributed by atoms with E-state index in [9.17, 15) is 18.8 Å². The quantitative estimate of drug-likeness (QED) is 0.263. The molecule has 0 saturated heterocycles. The van der Waals surface area contributed by atoms with E-state index < -0.39 is 17.8 Å². The number of nitrogens with two attached hydrogens (primary N) is 2. The minimum atomic E-state index is -0.843. The number of carbonyl (C=O) groups excluding carboxylic acids is 3. The molecule has 1 heterocycles. The molecule has 0 fully saturated rings. The van der Waals surface area contributed by atoms with Crippen molar-refractivity contribution in [3.63, 3.8) is 0 Å². The lowest BCUT2D eigenvalue weighted by Gasteiger charge is -2.26. The first-order valence-electron chi connectivity index (χ1n) is 12.3. The third-order valence-electron chi connectivity index (χ3n) is 6.13. The van der Waals surface area contributed by atoms with E-state index in [1.165, 1.54) is 29.2 Å². The number of halogens is 1. The summed E-state index contributed by atoms with van der Waals surface area (Å²) in [7, 11) is 1.70. The van der Waals surface area contributed by atoms with Crippen molar-refractivity contribution in [3.05, 3.63) is 101 Å². The second-order valence-electron chi connectivity index (χ2n) is 9.01. The Labute approximate surface area is 234 Å². The summed E-state index contributed by atoms with van der Waals surface area (Å²) >= 11 is 0.995. The highest BCUT2D eigenvalue weighted by atomic mass is 32.1. The SMILES string of the molecule is C[C@H](C(N)=O)N(c1ccc(F)cc1)c1nc(N)c(C(=O)c2ccc(OCC(=O)N(C)Cc3ccccc3)cc2)s1. The number of thiazole rings is 1. The Morgan fingerprint density at radius 2 is 1.65 bits per heavy atom. The van der Waals surface area contributed by atoms with Gasteiger partial charge in [0.05, 0.1) is 0 Å². The molecule has 0 spiro atoms. The first kappa shape index (κ1) is 28.2. The van der Waals surface area contributed by atoms with Gasteiger partial charge in [0.1, 0.15) is 28.3 Å². The van der Waals surface area contributed by atoms with Gasteiger partial charge in [0.15, 0.2) is 11.7 Å². The highest BCUT2D eigenvalue weighted by molar-refractivity contribution is 7.18. The molecule has 3 aromatic carbocycles. The van der Waals surface area contributed by atoms with Crippen LogP contribution in [0.1, 0.15) is 27.7 Å². The van der Waals surface area contributed by atoms with E-state index in [0.29, 0.717) is 23.5 Å². The molecule has 9 nitrogen and oxygen atoms in total. The second-order valence-corrected chi connectivity index (χ2v) is 9.99. The largest absolute Gasteiger partial charge is 0.484 e. The maximum absolute atomic E-state index is 13.5. The lowest BCUT2D eigenvalue weighted by atomic mass is 10.1. The maximum atomic E-state index is 13.5. The summed E-state index contributed by atoms with van der Waals surface area (Å²) in [5.41, 5.74) is 13.4. The van der Waals surface area contributed by atoms with Crippen molar-refractivity contribution in [3.8, 4) is 5.75 Å². The zero-order valence-corrected chi connectivity index (χ0v) is 22.7. The van der Waals surface area contributed by atoms with Crippen molar-refractivity contribution in [2.24, 2.45) is 5.73 Å². The van der Waals surface area contributed by atoms with Gasteiger partial charge in [-0.3, -0.25) is 14.4 Å². The van der Waals surface area contributed by atoms with Crippen LogP contribution in [0.15, 0.2) is 78.9 Å². The Morgan fingerprint density at radius 3 is 2.27 bits per heavy atom. The van der Waals surface area contributed by atoms with Crippen molar-refractivity contribution >= 4 is 45.6 Å². The summed E-state index contributed by atoms with van der Waals surface area (Å²) in [5, 5.41) is 0.261. The predicted octanol–water partition coefficient (Wildman–Crippen LogP) is 4.14. The Bertz CT molecular complexity index is 1490. The highest BCUT2D eigenvalue weighted by Crippen LogP contribution is 2.36. The molecule has 4 N–H and O–H groups in total. The molecule has 0 aliphatic rings. The van der Waals surface area contributed by atoms with Crippen molar-refractivity contribution in [2.45, 2.75) is 19.5 Å². The number of hydrogen-bond donors (Lipinski definition) is 2. The summed E-state index contributed by atoms with van der Waals surface area (Å²) < 4.78 is 19.1. The number of nitrogen functional groups attached to an aromatic ring is 1. The number of ketones is 1. The summed E-state index contributed by atoms with van der Waals surface area (Å²) in [6.45, 7) is 1.89. The first-order chi connectivity index (χ1) is 19.1. The number of primary amides is 1. The molecule has 40 heavy (non-hydrogen) atoms. The topological polar surface area (TPSA) is 132 Å². The average Bonchev–Trinajstić information content (AvgIpc) is 3.33. The highest BCUT2D eigenvalue weighted by Gasteiger charge is 2.27. The van der Waals surface area contributed by atoms with Gasteiger partial charge in [0.2, 0.25) is 11.7 Å². The van der Waals surface area contributed by atoms with Gasteiger partial charge in [-0.15, -0.1) is 0 Å². The average molecular weight is 562 g/mol. The van der Waals surface area contributed by atoms with Crippen LogP contribution < -0.4 is 21.1 Å². The van der Waals surface area contributed by atoms with E-state index in [4.69, 9.17) is 16.2 Å². The molecular weight excluding hydrogens is 533 g/mol. The summed E-state index contributed by atoms with van der Waals surface area (Å²) in [6.07, 6.45) is 0. The number of aromatic nitrogens is 1.